The summed E-state index contributed by atoms with van der Waals surface area (Å²) in [6.45, 7) is 0.00306. The molecule has 0 radical (unpaired) electrons. The van der Waals surface area contributed by atoms with Gasteiger partial charge in [-0.2, -0.15) is 4.98 Å². The van der Waals surface area contributed by atoms with E-state index >= 15 is 0 Å². The molecule has 0 amide bonds. The Morgan fingerprint density at radius 2 is 2.17 bits per heavy atom. The molecule has 0 saturated carbocycles. The number of nitrogens with one attached hydrogen (secondary N) is 1. The van der Waals surface area contributed by atoms with Crippen LogP contribution in [0.3, 0.4) is 0 Å². The number of nitrogens with two attached hydrogens (primary N) is 1. The van der Waals surface area contributed by atoms with Crippen molar-refractivity contribution < 1.29 is 41.2 Å². The Labute approximate surface area is 126 Å². The van der Waals surface area contributed by atoms with Gasteiger partial charge < -0.3 is 21.9 Å². The average Bonchev–Trinajstić information content (AvgIpc) is 2.69. The van der Waals surface area contributed by atoms with Gasteiger partial charge in [-0.1, -0.05) is 0 Å². The fourth-order valence-electron chi connectivity index (χ4n) is 1.56. The molecule has 2 aromatic heterocycles. The van der Waals surface area contributed by atoms with E-state index in [2.05, 4.69) is 15.0 Å². The number of nitrogen functional groups attached to an aromatic ring is 1. The Balaban J connectivity index is 0.00000162. The SMILES string of the molecule is Nc1nc2c(ncn2CC(CO)CO)c(=O)[nH]1.[H-].[Na+]. The van der Waals surface area contributed by atoms with E-state index in [1.54, 1.807) is 4.57 Å². The Morgan fingerprint density at radius 1 is 1.50 bits per heavy atom. The van der Waals surface area contributed by atoms with Crippen LogP contribution in [0, 0.1) is 5.92 Å². The largest absolute Gasteiger partial charge is 1.00 e. The topological polar surface area (TPSA) is 130 Å². The smallest absolute Gasteiger partial charge is 1.00 e. The first-order valence-corrected chi connectivity index (χ1v) is 5.08. The van der Waals surface area contributed by atoms with E-state index in [1.165, 1.54) is 6.33 Å². The van der Waals surface area contributed by atoms with Crippen LogP contribution in [0.15, 0.2) is 11.1 Å². The maximum absolute atomic E-state index is 11.5. The molecule has 0 atom stereocenters. The number of hydrogen-bond acceptors (Lipinski definition) is 6. The van der Waals surface area contributed by atoms with Crippen molar-refractivity contribution in [2.75, 3.05) is 18.9 Å². The molecule has 0 unspecified atom stereocenters. The van der Waals surface area contributed by atoms with E-state index in [0.29, 0.717) is 12.2 Å². The third kappa shape index (κ3) is 2.90. The van der Waals surface area contributed by atoms with Gasteiger partial charge in [0, 0.05) is 25.7 Å². The number of nitrogens with zero attached hydrogens (tertiary/aromatic N) is 3. The monoisotopic (exact) mass is 263 g/mol. The Kier molecular flexibility index (Phi) is 5.29. The number of aliphatic hydroxyl groups is 2. The van der Waals surface area contributed by atoms with Gasteiger partial charge in [-0.3, -0.25) is 9.78 Å². The number of aliphatic hydroxyl groups excluding tert-OH is 2. The fourth-order valence-corrected chi connectivity index (χ4v) is 1.56. The predicted octanol–water partition coefficient (Wildman–Crippen LogP) is -4.58. The molecule has 0 saturated heterocycles. The van der Waals surface area contributed by atoms with Crippen molar-refractivity contribution in [2.24, 2.45) is 5.92 Å². The zero-order valence-corrected chi connectivity index (χ0v) is 12.0. The molecule has 0 bridgehead atoms. The zero-order chi connectivity index (χ0) is 12.4. The first-order chi connectivity index (χ1) is 8.15. The maximum atomic E-state index is 11.5. The summed E-state index contributed by atoms with van der Waals surface area (Å²) in [5, 5.41) is 18.0. The molecule has 9 heteroatoms. The Morgan fingerprint density at radius 3 is 2.78 bits per heavy atom. The number of fused-ring (bicyclic) bond motifs is 1. The van der Waals surface area contributed by atoms with Crippen LogP contribution in [0.2, 0.25) is 0 Å². The van der Waals surface area contributed by atoms with Crippen molar-refractivity contribution in [1.82, 2.24) is 19.5 Å². The molecule has 8 nitrogen and oxygen atoms in total. The van der Waals surface area contributed by atoms with Gasteiger partial charge in [-0.15, -0.1) is 0 Å². The third-order valence-corrected chi connectivity index (χ3v) is 2.46. The molecule has 0 aliphatic heterocycles. The van der Waals surface area contributed by atoms with Crippen LogP contribution >= 0.6 is 0 Å². The van der Waals surface area contributed by atoms with Gasteiger partial charge in [0.2, 0.25) is 5.95 Å². The van der Waals surface area contributed by atoms with Crippen LogP contribution in [-0.4, -0.2) is 42.9 Å². The number of H-pyrrole nitrogens is 1. The van der Waals surface area contributed by atoms with Gasteiger partial charge in [-0.25, -0.2) is 4.98 Å². The first kappa shape index (κ1) is 15.1. The summed E-state index contributed by atoms with van der Waals surface area (Å²) in [5.41, 5.74) is 5.57. The number of hydrogen-bond donors (Lipinski definition) is 4. The molecular weight excluding hydrogens is 249 g/mol. The molecule has 18 heavy (non-hydrogen) atoms. The number of imidazole rings is 1. The Bertz CT molecular complexity index is 583. The number of aromatic nitrogens is 4. The standard InChI is InChI=1S/C9H13N5O3.Na.H/c10-9-12-7-6(8(17)13-9)11-4-14(7)1-5(2-15)3-16;;/h4-5,15-16H,1-3H2,(H3,10,12,13,17);;/q;+1;-1. The van der Waals surface area contributed by atoms with Crippen LogP contribution in [0.5, 0.6) is 0 Å². The molecular formula is C9H14N5NaO3. The van der Waals surface area contributed by atoms with E-state index < -0.39 is 5.56 Å². The van der Waals surface area contributed by atoms with Crippen molar-refractivity contribution in [3.63, 3.8) is 0 Å². The van der Waals surface area contributed by atoms with Crippen molar-refractivity contribution in [1.29, 1.82) is 0 Å². The molecule has 0 aliphatic carbocycles. The van der Waals surface area contributed by atoms with E-state index in [9.17, 15) is 4.79 Å². The van der Waals surface area contributed by atoms with Crippen LogP contribution in [-0.2, 0) is 6.54 Å². The van der Waals surface area contributed by atoms with Crippen molar-refractivity contribution >= 4 is 17.1 Å². The predicted molar refractivity (Wildman–Crippen MR) is 61.3 cm³/mol. The minimum absolute atomic E-state index is 0. The van der Waals surface area contributed by atoms with Gasteiger partial charge in [0.15, 0.2) is 11.2 Å². The van der Waals surface area contributed by atoms with Crippen LogP contribution in [0.1, 0.15) is 1.43 Å². The number of rotatable bonds is 4. The second-order valence-electron chi connectivity index (χ2n) is 3.75. The third-order valence-electron chi connectivity index (χ3n) is 2.46. The first-order valence-electron chi connectivity index (χ1n) is 5.08. The van der Waals surface area contributed by atoms with Gasteiger partial charge >= 0.3 is 29.6 Å². The second-order valence-corrected chi connectivity index (χ2v) is 3.75. The molecule has 2 rings (SSSR count). The molecule has 0 spiro atoms. The molecule has 0 aromatic carbocycles. The normalized spacial score (nSPS) is 10.8. The molecule has 94 valence electrons. The summed E-state index contributed by atoms with van der Waals surface area (Å²) < 4.78 is 1.58. The van der Waals surface area contributed by atoms with Crippen LogP contribution in [0.4, 0.5) is 5.95 Å². The number of aromatic amines is 1. The van der Waals surface area contributed by atoms with Crippen molar-refractivity contribution in [3.8, 4) is 0 Å². The van der Waals surface area contributed by atoms with Gasteiger partial charge in [0.05, 0.1) is 6.33 Å². The fraction of sp³-hybridized carbons (Fsp3) is 0.444. The second kappa shape index (κ2) is 6.30. The average molecular weight is 263 g/mol. The quantitative estimate of drug-likeness (QED) is 0.411. The van der Waals surface area contributed by atoms with Gasteiger partial charge in [0.25, 0.3) is 5.56 Å². The van der Waals surface area contributed by atoms with Crippen molar-refractivity contribution in [3.05, 3.63) is 16.7 Å². The summed E-state index contributed by atoms with van der Waals surface area (Å²) in [5.74, 6) is -0.316. The van der Waals surface area contributed by atoms with Crippen LogP contribution < -0.4 is 40.9 Å². The summed E-state index contributed by atoms with van der Waals surface area (Å²) in [6.07, 6.45) is 1.44. The molecule has 2 aromatic rings. The maximum Gasteiger partial charge on any atom is 1.00 e. The summed E-state index contributed by atoms with van der Waals surface area (Å²) in [7, 11) is 0. The van der Waals surface area contributed by atoms with Crippen molar-refractivity contribution in [2.45, 2.75) is 6.54 Å². The molecule has 0 fully saturated rings. The zero-order valence-electron chi connectivity index (χ0n) is 11.0. The van der Waals surface area contributed by atoms with E-state index in [0.717, 1.165) is 0 Å². The van der Waals surface area contributed by atoms with Gasteiger partial charge in [0.1, 0.15) is 0 Å². The minimum atomic E-state index is -0.407. The van der Waals surface area contributed by atoms with E-state index in [1.807, 2.05) is 0 Å². The number of anilines is 1. The molecule has 0 aliphatic rings. The minimum Gasteiger partial charge on any atom is -1.00 e. The molecule has 2 heterocycles. The van der Waals surface area contributed by atoms with E-state index in [4.69, 9.17) is 15.9 Å². The summed E-state index contributed by atoms with van der Waals surface area (Å²) >= 11 is 0. The van der Waals surface area contributed by atoms with E-state index in [-0.39, 0.29) is 61.6 Å². The molecule has 5 N–H and O–H groups in total. The van der Waals surface area contributed by atoms with Gasteiger partial charge in [-0.05, 0) is 0 Å². The van der Waals surface area contributed by atoms with Crippen LogP contribution in [0.25, 0.3) is 11.2 Å². The summed E-state index contributed by atoms with van der Waals surface area (Å²) in [4.78, 5) is 21.7. The summed E-state index contributed by atoms with van der Waals surface area (Å²) in [6, 6.07) is 0. The Hall–Kier alpha value is -0.930.